The predicted molar refractivity (Wildman–Crippen MR) is 69.9 cm³/mol. The molecule has 0 aromatic heterocycles. The molecular weight excluding hydrogens is 212 g/mol. The van der Waals surface area contributed by atoms with Gasteiger partial charge in [0.1, 0.15) is 0 Å². The third-order valence-electron chi connectivity index (χ3n) is 3.52. The summed E-state index contributed by atoms with van der Waals surface area (Å²) >= 11 is 0. The van der Waals surface area contributed by atoms with Gasteiger partial charge in [-0.2, -0.15) is 0 Å². The maximum absolute atomic E-state index is 11.9. The zero-order valence-electron chi connectivity index (χ0n) is 10.5. The van der Waals surface area contributed by atoms with Crippen LogP contribution in [0.25, 0.3) is 0 Å². The van der Waals surface area contributed by atoms with Gasteiger partial charge in [0.05, 0.1) is 0 Å². The minimum absolute atomic E-state index is 0.0270. The van der Waals surface area contributed by atoms with E-state index in [1.807, 2.05) is 26.0 Å². The van der Waals surface area contributed by atoms with Crippen LogP contribution in [0.3, 0.4) is 0 Å². The fraction of sp³-hybridized carbons (Fsp3) is 0.500. The van der Waals surface area contributed by atoms with Crippen molar-refractivity contribution in [2.45, 2.75) is 45.1 Å². The van der Waals surface area contributed by atoms with Crippen LogP contribution >= 0.6 is 0 Å². The summed E-state index contributed by atoms with van der Waals surface area (Å²) in [7, 11) is 0. The molecule has 0 spiro atoms. The molecule has 1 aromatic rings. The zero-order valence-corrected chi connectivity index (χ0v) is 10.5. The molecule has 0 atom stereocenters. The van der Waals surface area contributed by atoms with Gasteiger partial charge in [0, 0.05) is 17.6 Å². The second-order valence-electron chi connectivity index (χ2n) is 5.26. The van der Waals surface area contributed by atoms with Gasteiger partial charge in [-0.15, -0.1) is 0 Å². The highest BCUT2D eigenvalue weighted by atomic mass is 16.1. The first-order valence-corrected chi connectivity index (χ1v) is 6.15. The number of anilines is 1. The number of nitrogens with one attached hydrogen (secondary N) is 1. The van der Waals surface area contributed by atoms with Crippen molar-refractivity contribution in [3.05, 3.63) is 29.3 Å². The molecule has 1 amide bonds. The molecule has 1 fully saturated rings. The van der Waals surface area contributed by atoms with Crippen molar-refractivity contribution in [3.8, 4) is 0 Å². The molecule has 1 aliphatic rings. The van der Waals surface area contributed by atoms with Crippen LogP contribution in [0.4, 0.5) is 5.69 Å². The van der Waals surface area contributed by atoms with Crippen molar-refractivity contribution in [3.63, 3.8) is 0 Å². The first-order chi connectivity index (χ1) is 7.98. The molecular formula is C14H20N2O. The van der Waals surface area contributed by atoms with E-state index < -0.39 is 0 Å². The van der Waals surface area contributed by atoms with Crippen molar-refractivity contribution in [2.24, 2.45) is 5.73 Å². The summed E-state index contributed by atoms with van der Waals surface area (Å²) in [5, 5.41) is 2.94. The molecule has 0 heterocycles. The molecule has 0 aliphatic heterocycles. The summed E-state index contributed by atoms with van der Waals surface area (Å²) in [5.74, 6) is 0.0270. The van der Waals surface area contributed by atoms with E-state index in [-0.39, 0.29) is 11.4 Å². The molecule has 92 valence electrons. The summed E-state index contributed by atoms with van der Waals surface area (Å²) in [6.07, 6.45) is 3.51. The van der Waals surface area contributed by atoms with Crippen LogP contribution in [-0.2, 0) is 4.79 Å². The van der Waals surface area contributed by atoms with Crippen molar-refractivity contribution in [1.82, 2.24) is 0 Å². The maximum atomic E-state index is 11.9. The largest absolute Gasteiger partial charge is 0.326 e. The Labute approximate surface area is 102 Å². The number of hydrogen-bond donors (Lipinski definition) is 2. The number of carbonyl (C=O) groups is 1. The summed E-state index contributed by atoms with van der Waals surface area (Å²) in [5.41, 5.74) is 9.00. The molecule has 3 nitrogen and oxygen atoms in total. The van der Waals surface area contributed by atoms with E-state index in [2.05, 4.69) is 11.4 Å². The molecule has 2 rings (SSSR count). The monoisotopic (exact) mass is 232 g/mol. The van der Waals surface area contributed by atoms with Gasteiger partial charge in [-0.3, -0.25) is 4.79 Å². The Morgan fingerprint density at radius 1 is 1.41 bits per heavy atom. The minimum Gasteiger partial charge on any atom is -0.326 e. The Bertz CT molecular complexity index is 436. The first-order valence-electron chi connectivity index (χ1n) is 6.15. The number of benzene rings is 1. The van der Waals surface area contributed by atoms with Gasteiger partial charge >= 0.3 is 0 Å². The molecule has 1 aromatic carbocycles. The first kappa shape index (κ1) is 12.1. The van der Waals surface area contributed by atoms with Crippen LogP contribution in [-0.4, -0.2) is 11.4 Å². The second kappa shape index (κ2) is 4.49. The van der Waals surface area contributed by atoms with E-state index in [0.29, 0.717) is 6.42 Å². The quantitative estimate of drug-likeness (QED) is 0.841. The van der Waals surface area contributed by atoms with Crippen LogP contribution in [0.5, 0.6) is 0 Å². The lowest BCUT2D eigenvalue weighted by molar-refractivity contribution is -0.118. The summed E-state index contributed by atoms with van der Waals surface area (Å²) < 4.78 is 0. The predicted octanol–water partition coefficient (Wildman–Crippen LogP) is 2.51. The average molecular weight is 232 g/mol. The number of aryl methyl sites for hydroxylation is 2. The number of nitrogens with two attached hydrogens (primary N) is 1. The molecule has 1 aliphatic carbocycles. The molecule has 3 heteroatoms. The van der Waals surface area contributed by atoms with Gasteiger partial charge in [-0.1, -0.05) is 17.7 Å². The van der Waals surface area contributed by atoms with Crippen LogP contribution in [0.15, 0.2) is 18.2 Å². The van der Waals surface area contributed by atoms with E-state index in [1.165, 1.54) is 5.56 Å². The van der Waals surface area contributed by atoms with Crippen LogP contribution in [0.1, 0.15) is 36.8 Å². The minimum atomic E-state index is -0.247. The van der Waals surface area contributed by atoms with E-state index >= 15 is 0 Å². The summed E-state index contributed by atoms with van der Waals surface area (Å²) in [6.45, 7) is 4.05. The normalized spacial score (nSPS) is 17.4. The van der Waals surface area contributed by atoms with Crippen molar-refractivity contribution in [2.75, 3.05) is 5.32 Å². The number of amides is 1. The van der Waals surface area contributed by atoms with E-state index in [4.69, 9.17) is 5.73 Å². The van der Waals surface area contributed by atoms with E-state index in [1.54, 1.807) is 0 Å². The maximum Gasteiger partial charge on any atom is 0.226 e. The Balaban J connectivity index is 1.98. The fourth-order valence-corrected chi connectivity index (χ4v) is 2.28. The Hall–Kier alpha value is -1.35. The van der Waals surface area contributed by atoms with E-state index in [0.717, 1.165) is 30.5 Å². The Morgan fingerprint density at radius 3 is 2.65 bits per heavy atom. The molecule has 0 bridgehead atoms. The fourth-order valence-electron chi connectivity index (χ4n) is 2.28. The molecule has 17 heavy (non-hydrogen) atoms. The highest BCUT2D eigenvalue weighted by molar-refractivity contribution is 5.92. The topological polar surface area (TPSA) is 55.1 Å². The summed E-state index contributed by atoms with van der Waals surface area (Å²) in [6, 6.07) is 6.02. The Morgan fingerprint density at radius 2 is 2.12 bits per heavy atom. The second-order valence-corrected chi connectivity index (χ2v) is 5.26. The molecule has 1 saturated carbocycles. The lowest BCUT2D eigenvalue weighted by atomic mass is 9.75. The van der Waals surface area contributed by atoms with Crippen molar-refractivity contribution >= 4 is 11.6 Å². The smallest absolute Gasteiger partial charge is 0.226 e. The number of carbonyl (C=O) groups excluding carboxylic acids is 1. The van der Waals surface area contributed by atoms with Gasteiger partial charge < -0.3 is 11.1 Å². The third kappa shape index (κ3) is 2.86. The molecule has 0 saturated heterocycles. The molecule has 0 radical (unpaired) electrons. The lowest BCUT2D eigenvalue weighted by Crippen LogP contribution is -2.48. The van der Waals surface area contributed by atoms with E-state index in [9.17, 15) is 4.79 Å². The van der Waals surface area contributed by atoms with Crippen molar-refractivity contribution < 1.29 is 4.79 Å². The Kier molecular flexibility index (Phi) is 3.20. The zero-order chi connectivity index (χ0) is 12.5. The van der Waals surface area contributed by atoms with Gasteiger partial charge in [0.25, 0.3) is 0 Å². The van der Waals surface area contributed by atoms with Crippen molar-refractivity contribution in [1.29, 1.82) is 0 Å². The van der Waals surface area contributed by atoms with Crippen LogP contribution in [0, 0.1) is 13.8 Å². The van der Waals surface area contributed by atoms with Gasteiger partial charge in [-0.05, 0) is 44.7 Å². The number of hydrogen-bond acceptors (Lipinski definition) is 2. The summed E-state index contributed by atoms with van der Waals surface area (Å²) in [4.78, 5) is 11.9. The molecule has 3 N–H and O–H groups in total. The third-order valence-corrected chi connectivity index (χ3v) is 3.52. The standard InChI is InChI=1S/C14H20N2O/c1-10-4-5-12(11(2)8-10)16-13(17)9-14(15)6-3-7-14/h4-5,8H,3,6-7,9,15H2,1-2H3,(H,16,17). The highest BCUT2D eigenvalue weighted by Gasteiger charge is 2.34. The SMILES string of the molecule is Cc1ccc(NC(=O)CC2(N)CCC2)c(C)c1. The molecule has 0 unspecified atom stereocenters. The number of rotatable bonds is 3. The highest BCUT2D eigenvalue weighted by Crippen LogP contribution is 2.32. The van der Waals surface area contributed by atoms with Gasteiger partial charge in [-0.25, -0.2) is 0 Å². The van der Waals surface area contributed by atoms with Crippen LogP contribution < -0.4 is 11.1 Å². The van der Waals surface area contributed by atoms with Crippen LogP contribution in [0.2, 0.25) is 0 Å². The lowest BCUT2D eigenvalue weighted by Gasteiger charge is -2.37. The van der Waals surface area contributed by atoms with Gasteiger partial charge in [0.2, 0.25) is 5.91 Å². The van der Waals surface area contributed by atoms with Gasteiger partial charge in [0.15, 0.2) is 0 Å². The average Bonchev–Trinajstić information content (AvgIpc) is 2.20.